The maximum absolute atomic E-state index is 12.1. The Labute approximate surface area is 113 Å². The molecule has 104 valence electrons. The molecule has 1 unspecified atom stereocenters. The van der Waals surface area contributed by atoms with Crippen LogP contribution in [0.25, 0.3) is 0 Å². The van der Waals surface area contributed by atoms with E-state index >= 15 is 0 Å². The first-order valence-electron chi connectivity index (χ1n) is 6.36. The molecule has 0 aliphatic carbocycles. The minimum Gasteiger partial charge on any atom is -0.409 e. The minimum atomic E-state index is 0.0127. The topological polar surface area (TPSA) is 78.9 Å². The van der Waals surface area contributed by atoms with Gasteiger partial charge in [-0.2, -0.15) is 0 Å². The number of carbonyl (C=O) groups excluding carboxylic acids is 1. The second-order valence-electron chi connectivity index (χ2n) is 4.62. The molecule has 1 atom stereocenters. The normalized spacial score (nSPS) is 13.1. The number of anilines is 1. The van der Waals surface area contributed by atoms with Gasteiger partial charge in [0.25, 0.3) is 0 Å². The van der Waals surface area contributed by atoms with Gasteiger partial charge < -0.3 is 15.8 Å². The lowest BCUT2D eigenvalue weighted by molar-refractivity contribution is -0.121. The van der Waals surface area contributed by atoms with Crippen LogP contribution in [0.15, 0.2) is 29.4 Å². The molecular formula is C14H21N3O2. The van der Waals surface area contributed by atoms with Crippen molar-refractivity contribution in [2.75, 3.05) is 11.9 Å². The number of nitrogens with two attached hydrogens (primary N) is 1. The number of hydrogen-bond donors (Lipinski definition) is 2. The Bertz CT molecular complexity index is 454. The van der Waals surface area contributed by atoms with E-state index in [4.69, 9.17) is 10.9 Å². The van der Waals surface area contributed by atoms with Crippen LogP contribution in [0.4, 0.5) is 5.69 Å². The summed E-state index contributed by atoms with van der Waals surface area (Å²) in [6.45, 7) is 4.00. The van der Waals surface area contributed by atoms with E-state index in [0.717, 1.165) is 18.5 Å². The van der Waals surface area contributed by atoms with Gasteiger partial charge in [-0.3, -0.25) is 4.79 Å². The van der Waals surface area contributed by atoms with Crippen LogP contribution < -0.4 is 10.6 Å². The fourth-order valence-corrected chi connectivity index (χ4v) is 1.93. The summed E-state index contributed by atoms with van der Waals surface area (Å²) in [6.07, 6.45) is 1.87. The van der Waals surface area contributed by atoms with Crippen molar-refractivity contribution in [3.8, 4) is 0 Å². The zero-order chi connectivity index (χ0) is 14.4. The summed E-state index contributed by atoms with van der Waals surface area (Å²) in [6, 6.07) is 7.01. The van der Waals surface area contributed by atoms with Crippen molar-refractivity contribution < 1.29 is 10.0 Å². The van der Waals surface area contributed by atoms with Gasteiger partial charge in [0, 0.05) is 24.2 Å². The van der Waals surface area contributed by atoms with Gasteiger partial charge in [0.2, 0.25) is 5.91 Å². The van der Waals surface area contributed by atoms with Crippen LogP contribution >= 0.6 is 0 Å². The first-order chi connectivity index (χ1) is 9.01. The lowest BCUT2D eigenvalue weighted by Crippen LogP contribution is -2.31. The molecule has 1 amide bonds. The summed E-state index contributed by atoms with van der Waals surface area (Å²) in [4.78, 5) is 13.8. The van der Waals surface area contributed by atoms with Gasteiger partial charge in [0.1, 0.15) is 0 Å². The number of nitrogens with zero attached hydrogens (tertiary/aromatic N) is 2. The molecule has 0 saturated carbocycles. The lowest BCUT2D eigenvalue weighted by Gasteiger charge is -2.21. The van der Waals surface area contributed by atoms with E-state index in [1.54, 1.807) is 36.2 Å². The Kier molecular flexibility index (Phi) is 5.36. The van der Waals surface area contributed by atoms with E-state index < -0.39 is 0 Å². The molecule has 19 heavy (non-hydrogen) atoms. The molecule has 3 N–H and O–H groups in total. The highest BCUT2D eigenvalue weighted by Crippen LogP contribution is 2.18. The zero-order valence-electron chi connectivity index (χ0n) is 11.6. The molecule has 0 aliphatic rings. The van der Waals surface area contributed by atoms with Crippen molar-refractivity contribution in [3.63, 3.8) is 0 Å². The van der Waals surface area contributed by atoms with Crippen LogP contribution in [0, 0.1) is 5.92 Å². The van der Waals surface area contributed by atoms with Crippen LogP contribution in [-0.2, 0) is 4.79 Å². The molecule has 5 heteroatoms. The van der Waals surface area contributed by atoms with E-state index in [1.165, 1.54) is 0 Å². The number of rotatable bonds is 5. The van der Waals surface area contributed by atoms with Crippen molar-refractivity contribution in [1.29, 1.82) is 0 Å². The third kappa shape index (κ3) is 3.71. The fraction of sp³-hybridized carbons (Fsp3) is 0.429. The summed E-state index contributed by atoms with van der Waals surface area (Å²) in [5.41, 5.74) is 6.90. The smallest absolute Gasteiger partial charge is 0.229 e. The summed E-state index contributed by atoms with van der Waals surface area (Å²) in [5, 5.41) is 11.5. The van der Waals surface area contributed by atoms with Crippen molar-refractivity contribution >= 4 is 17.4 Å². The zero-order valence-corrected chi connectivity index (χ0v) is 11.6. The number of amidine groups is 1. The molecule has 0 bridgehead atoms. The van der Waals surface area contributed by atoms with Gasteiger partial charge in [0.05, 0.1) is 0 Å². The predicted octanol–water partition coefficient (Wildman–Crippen LogP) is 2.18. The highest BCUT2D eigenvalue weighted by atomic mass is 16.4. The fourth-order valence-electron chi connectivity index (χ4n) is 1.93. The van der Waals surface area contributed by atoms with Gasteiger partial charge in [-0.1, -0.05) is 25.4 Å². The molecule has 1 rings (SSSR count). The van der Waals surface area contributed by atoms with E-state index in [9.17, 15) is 4.79 Å². The predicted molar refractivity (Wildman–Crippen MR) is 76.4 cm³/mol. The molecule has 0 heterocycles. The maximum atomic E-state index is 12.1. The minimum absolute atomic E-state index is 0.0127. The van der Waals surface area contributed by atoms with Gasteiger partial charge in [-0.25, -0.2) is 0 Å². The van der Waals surface area contributed by atoms with Gasteiger partial charge in [-0.05, 0) is 30.7 Å². The quantitative estimate of drug-likeness (QED) is 0.370. The van der Waals surface area contributed by atoms with Crippen molar-refractivity contribution in [2.45, 2.75) is 26.7 Å². The van der Waals surface area contributed by atoms with Crippen LogP contribution in [0.5, 0.6) is 0 Å². The van der Waals surface area contributed by atoms with Crippen LogP contribution in [0.2, 0.25) is 0 Å². The summed E-state index contributed by atoms with van der Waals surface area (Å²) in [5.74, 6) is 0.164. The lowest BCUT2D eigenvalue weighted by atomic mass is 10.0. The van der Waals surface area contributed by atoms with Gasteiger partial charge >= 0.3 is 0 Å². The molecular weight excluding hydrogens is 242 g/mol. The second kappa shape index (κ2) is 6.78. The van der Waals surface area contributed by atoms with Crippen LogP contribution in [0.1, 0.15) is 32.3 Å². The monoisotopic (exact) mass is 263 g/mol. The third-order valence-corrected chi connectivity index (χ3v) is 3.13. The molecule has 1 aromatic rings. The standard InChI is InChI=1S/C14H21N3O2/c1-4-5-10(2)14(18)17(3)12-8-6-11(7-9-12)13(15)16-19/h6-10,19H,4-5H2,1-3H3,(H2,15,16). The average molecular weight is 263 g/mol. The highest BCUT2D eigenvalue weighted by molar-refractivity contribution is 5.98. The Morgan fingerprint density at radius 3 is 2.47 bits per heavy atom. The molecule has 1 aromatic carbocycles. The van der Waals surface area contributed by atoms with E-state index in [2.05, 4.69) is 12.1 Å². The Morgan fingerprint density at radius 1 is 1.42 bits per heavy atom. The first-order valence-corrected chi connectivity index (χ1v) is 6.36. The molecule has 5 nitrogen and oxygen atoms in total. The Hall–Kier alpha value is -2.04. The summed E-state index contributed by atoms with van der Waals surface area (Å²) in [7, 11) is 1.76. The number of hydrogen-bond acceptors (Lipinski definition) is 3. The van der Waals surface area contributed by atoms with Crippen LogP contribution in [-0.4, -0.2) is 24.0 Å². The number of benzene rings is 1. The Morgan fingerprint density at radius 2 is 2.00 bits per heavy atom. The van der Waals surface area contributed by atoms with Gasteiger partial charge in [0.15, 0.2) is 5.84 Å². The summed E-state index contributed by atoms with van der Waals surface area (Å²) < 4.78 is 0. The number of carbonyl (C=O) groups is 1. The van der Waals surface area contributed by atoms with Gasteiger partial charge in [-0.15, -0.1) is 0 Å². The summed E-state index contributed by atoms with van der Waals surface area (Å²) >= 11 is 0. The molecule has 0 aliphatic heterocycles. The average Bonchev–Trinajstić information content (AvgIpc) is 2.45. The first kappa shape index (κ1) is 15.0. The number of amides is 1. The second-order valence-corrected chi connectivity index (χ2v) is 4.62. The molecule has 0 aromatic heterocycles. The van der Waals surface area contributed by atoms with Crippen molar-refractivity contribution in [1.82, 2.24) is 0 Å². The van der Waals surface area contributed by atoms with Crippen molar-refractivity contribution in [3.05, 3.63) is 29.8 Å². The van der Waals surface area contributed by atoms with E-state index in [-0.39, 0.29) is 17.7 Å². The third-order valence-electron chi connectivity index (χ3n) is 3.13. The number of oxime groups is 1. The molecule has 0 saturated heterocycles. The maximum Gasteiger partial charge on any atom is 0.229 e. The van der Waals surface area contributed by atoms with E-state index in [1.807, 2.05) is 6.92 Å². The Balaban J connectivity index is 2.83. The van der Waals surface area contributed by atoms with Crippen molar-refractivity contribution in [2.24, 2.45) is 16.8 Å². The molecule has 0 radical (unpaired) electrons. The molecule has 0 fully saturated rings. The van der Waals surface area contributed by atoms with Crippen LogP contribution in [0.3, 0.4) is 0 Å². The molecule has 0 spiro atoms. The highest BCUT2D eigenvalue weighted by Gasteiger charge is 2.17. The SMILES string of the molecule is CCCC(C)C(=O)N(C)c1ccc(C(N)=NO)cc1. The van der Waals surface area contributed by atoms with E-state index in [0.29, 0.717) is 5.56 Å². The largest absolute Gasteiger partial charge is 0.409 e.